The van der Waals surface area contributed by atoms with Crippen LogP contribution in [-0.4, -0.2) is 78.6 Å². The van der Waals surface area contributed by atoms with Crippen molar-refractivity contribution in [3.63, 3.8) is 0 Å². The number of aliphatic hydroxyl groups is 2. The Kier molecular flexibility index (Phi) is 11.6. The highest BCUT2D eigenvalue weighted by Gasteiger charge is 2.33. The summed E-state index contributed by atoms with van der Waals surface area (Å²) in [4.78, 5) is 9.83. The minimum absolute atomic E-state index is 0.0736. The number of anilines is 2. The van der Waals surface area contributed by atoms with E-state index in [0.29, 0.717) is 18.3 Å². The molecule has 1 aliphatic heterocycles. The summed E-state index contributed by atoms with van der Waals surface area (Å²) in [7, 11) is 0. The normalized spacial score (nSPS) is 16.6. The Bertz CT molecular complexity index is 1000. The van der Waals surface area contributed by atoms with Crippen molar-refractivity contribution in [3.8, 4) is 0 Å². The van der Waals surface area contributed by atoms with Crippen LogP contribution in [0.5, 0.6) is 0 Å². The van der Waals surface area contributed by atoms with Gasteiger partial charge in [-0.3, -0.25) is 0 Å². The molecule has 1 aromatic heterocycles. The molecule has 2 heterocycles. The molecule has 2 aromatic rings. The van der Waals surface area contributed by atoms with E-state index in [1.165, 1.54) is 5.56 Å². The Morgan fingerprint density at radius 1 is 1.16 bits per heavy atom. The molecular formula is C31H53N5O2. The van der Waals surface area contributed by atoms with Crippen molar-refractivity contribution >= 4 is 22.4 Å². The van der Waals surface area contributed by atoms with Gasteiger partial charge in [0.2, 0.25) is 0 Å². The molecule has 3 rings (SSSR count). The third-order valence-electron chi connectivity index (χ3n) is 8.60. The standard InChI is InChI=1S/C31H53N5O2/c1-6-8-11-28(23(3)7-2)36(20-31(5,21-37)22-38)29-24(4)30(32)34-27-19-25(12-13-26(27)29)10-9-16-35-17-14-33-15-18-35/h12-13,19,23,28,33,37-38H,6-11,14-18,20-22H2,1-5H3,(H2,32,34)/t23-,28?/m1/s1. The molecular weight excluding hydrogens is 474 g/mol. The number of nitrogen functional groups attached to an aromatic ring is 1. The largest absolute Gasteiger partial charge is 0.396 e. The van der Waals surface area contributed by atoms with Crippen molar-refractivity contribution in [3.05, 3.63) is 29.3 Å². The van der Waals surface area contributed by atoms with E-state index in [0.717, 1.165) is 93.4 Å². The first-order valence-electron chi connectivity index (χ1n) is 14.9. The van der Waals surface area contributed by atoms with E-state index >= 15 is 0 Å². The van der Waals surface area contributed by atoms with Crippen molar-refractivity contribution in [2.75, 3.05) is 63.1 Å². The summed E-state index contributed by atoms with van der Waals surface area (Å²) < 4.78 is 0. The van der Waals surface area contributed by atoms with E-state index in [1.54, 1.807) is 0 Å². The third-order valence-corrected chi connectivity index (χ3v) is 8.60. The van der Waals surface area contributed by atoms with Crippen molar-refractivity contribution in [1.29, 1.82) is 0 Å². The maximum Gasteiger partial charge on any atom is 0.129 e. The zero-order valence-corrected chi connectivity index (χ0v) is 24.6. The zero-order chi connectivity index (χ0) is 27.7. The average Bonchev–Trinajstić information content (AvgIpc) is 2.93. The summed E-state index contributed by atoms with van der Waals surface area (Å²) in [6.07, 6.45) is 6.54. The number of benzene rings is 1. The first-order valence-corrected chi connectivity index (χ1v) is 14.9. The van der Waals surface area contributed by atoms with Gasteiger partial charge in [0.05, 0.1) is 24.4 Å². The Balaban J connectivity index is 2.01. The molecule has 38 heavy (non-hydrogen) atoms. The van der Waals surface area contributed by atoms with E-state index in [-0.39, 0.29) is 19.3 Å². The molecule has 1 unspecified atom stereocenters. The van der Waals surface area contributed by atoms with Gasteiger partial charge in [0.1, 0.15) is 5.82 Å². The van der Waals surface area contributed by atoms with Crippen molar-refractivity contribution < 1.29 is 10.2 Å². The number of nitrogens with two attached hydrogens (primary N) is 1. The number of hydrogen-bond acceptors (Lipinski definition) is 7. The lowest BCUT2D eigenvalue weighted by molar-refractivity contribution is 0.0723. The van der Waals surface area contributed by atoms with Crippen molar-refractivity contribution in [2.24, 2.45) is 11.3 Å². The second-order valence-corrected chi connectivity index (χ2v) is 11.9. The quantitative estimate of drug-likeness (QED) is 0.273. The molecule has 0 bridgehead atoms. The minimum Gasteiger partial charge on any atom is -0.396 e. The van der Waals surface area contributed by atoms with Crippen LogP contribution in [0.3, 0.4) is 0 Å². The van der Waals surface area contributed by atoms with E-state index in [4.69, 9.17) is 10.7 Å². The molecule has 1 aromatic carbocycles. The van der Waals surface area contributed by atoms with Crippen molar-refractivity contribution in [2.45, 2.75) is 79.2 Å². The molecule has 2 atom stereocenters. The smallest absolute Gasteiger partial charge is 0.129 e. The molecule has 1 saturated heterocycles. The maximum absolute atomic E-state index is 10.3. The molecule has 5 N–H and O–H groups in total. The summed E-state index contributed by atoms with van der Waals surface area (Å²) in [5, 5.41) is 25.0. The molecule has 1 fully saturated rings. The van der Waals surface area contributed by atoms with Gasteiger partial charge in [0.15, 0.2) is 0 Å². The predicted molar refractivity (Wildman–Crippen MR) is 161 cm³/mol. The molecule has 0 saturated carbocycles. The van der Waals surface area contributed by atoms with Crippen LogP contribution < -0.4 is 16.0 Å². The molecule has 214 valence electrons. The highest BCUT2D eigenvalue weighted by atomic mass is 16.3. The van der Waals surface area contributed by atoms with Gasteiger partial charge in [-0.05, 0) is 50.3 Å². The highest BCUT2D eigenvalue weighted by Crippen LogP contribution is 2.39. The lowest BCUT2D eigenvalue weighted by Crippen LogP contribution is -2.48. The van der Waals surface area contributed by atoms with Crippen LogP contribution >= 0.6 is 0 Å². The lowest BCUT2D eigenvalue weighted by Gasteiger charge is -2.43. The van der Waals surface area contributed by atoms with Crippen LogP contribution in [0.2, 0.25) is 0 Å². The minimum atomic E-state index is -0.626. The number of nitrogens with one attached hydrogen (secondary N) is 1. The van der Waals surface area contributed by atoms with Crippen LogP contribution in [0.4, 0.5) is 11.5 Å². The molecule has 7 nitrogen and oxygen atoms in total. The van der Waals surface area contributed by atoms with Gasteiger partial charge in [0, 0.05) is 55.1 Å². The van der Waals surface area contributed by atoms with Gasteiger partial charge in [-0.1, -0.05) is 59.1 Å². The highest BCUT2D eigenvalue weighted by molar-refractivity contribution is 5.96. The number of pyridine rings is 1. The summed E-state index contributed by atoms with van der Waals surface area (Å²) in [5.74, 6) is 1.01. The van der Waals surface area contributed by atoms with Crippen LogP contribution in [0.15, 0.2) is 18.2 Å². The summed E-state index contributed by atoms with van der Waals surface area (Å²) in [5.41, 5.74) is 10.2. The van der Waals surface area contributed by atoms with Crippen LogP contribution in [0.25, 0.3) is 10.9 Å². The van der Waals surface area contributed by atoms with Gasteiger partial charge < -0.3 is 31.1 Å². The average molecular weight is 528 g/mol. The lowest BCUT2D eigenvalue weighted by atomic mass is 9.86. The fraction of sp³-hybridized carbons (Fsp3) is 0.710. The van der Waals surface area contributed by atoms with Gasteiger partial charge in [-0.15, -0.1) is 0 Å². The topological polar surface area (TPSA) is 97.9 Å². The summed E-state index contributed by atoms with van der Waals surface area (Å²) >= 11 is 0. The number of piperazine rings is 1. The van der Waals surface area contributed by atoms with Gasteiger partial charge in [0.25, 0.3) is 0 Å². The van der Waals surface area contributed by atoms with Crippen LogP contribution in [0, 0.1) is 18.3 Å². The van der Waals surface area contributed by atoms with Crippen LogP contribution in [-0.2, 0) is 6.42 Å². The van der Waals surface area contributed by atoms with Crippen molar-refractivity contribution in [1.82, 2.24) is 15.2 Å². The first-order chi connectivity index (χ1) is 18.3. The Morgan fingerprint density at radius 2 is 1.87 bits per heavy atom. The Hall–Kier alpha value is -1.93. The van der Waals surface area contributed by atoms with E-state index in [2.05, 4.69) is 61.0 Å². The number of hydrogen-bond donors (Lipinski definition) is 4. The van der Waals surface area contributed by atoms with E-state index in [9.17, 15) is 10.2 Å². The fourth-order valence-corrected chi connectivity index (χ4v) is 5.73. The number of nitrogens with zero attached hydrogens (tertiary/aromatic N) is 3. The number of aromatic nitrogens is 1. The summed E-state index contributed by atoms with van der Waals surface area (Å²) in [6, 6.07) is 6.96. The third kappa shape index (κ3) is 7.59. The SMILES string of the molecule is CCCCC([C@H](C)CC)N(CC(C)(CO)CO)c1c(C)c(N)nc2cc(CCCN3CCNCC3)ccc12. The van der Waals surface area contributed by atoms with Gasteiger partial charge >= 0.3 is 0 Å². The fourth-order valence-electron chi connectivity index (χ4n) is 5.73. The number of unbranched alkanes of at least 4 members (excludes halogenated alkanes) is 1. The number of aryl methyl sites for hydroxylation is 1. The monoisotopic (exact) mass is 527 g/mol. The van der Waals surface area contributed by atoms with Gasteiger partial charge in [-0.2, -0.15) is 0 Å². The number of fused-ring (bicyclic) bond motifs is 1. The maximum atomic E-state index is 10.3. The van der Waals surface area contributed by atoms with E-state index < -0.39 is 5.41 Å². The summed E-state index contributed by atoms with van der Waals surface area (Å²) in [6.45, 7) is 16.8. The zero-order valence-electron chi connectivity index (χ0n) is 24.6. The van der Waals surface area contributed by atoms with Crippen LogP contribution in [0.1, 0.15) is 70.9 Å². The molecule has 1 aliphatic rings. The second kappa shape index (κ2) is 14.5. The van der Waals surface area contributed by atoms with Gasteiger partial charge in [-0.25, -0.2) is 4.98 Å². The Labute approximate surface area is 230 Å². The number of aliphatic hydroxyl groups excluding tert-OH is 2. The predicted octanol–water partition coefficient (Wildman–Crippen LogP) is 4.37. The molecule has 0 amide bonds. The second-order valence-electron chi connectivity index (χ2n) is 11.9. The molecule has 0 spiro atoms. The molecule has 0 radical (unpaired) electrons. The number of rotatable bonds is 15. The molecule has 7 heteroatoms. The molecule has 0 aliphatic carbocycles. The van der Waals surface area contributed by atoms with E-state index in [1.807, 2.05) is 6.92 Å². The first kappa shape index (κ1) is 30.6. The Morgan fingerprint density at radius 3 is 2.50 bits per heavy atom.